The van der Waals surface area contributed by atoms with Gasteiger partial charge in [-0.2, -0.15) is 18.2 Å². The number of nitrogens with one attached hydrogen (secondary N) is 3. The number of alkyl halides is 3. The molecule has 1 saturated heterocycles. The highest BCUT2D eigenvalue weighted by Crippen LogP contribution is 2.52. The highest BCUT2D eigenvalue weighted by molar-refractivity contribution is 7.16. The first-order chi connectivity index (χ1) is 15.0. The summed E-state index contributed by atoms with van der Waals surface area (Å²) in [4.78, 5) is 25.2. The maximum Gasteiger partial charge on any atom is 0.421 e. The number of halogens is 3. The van der Waals surface area contributed by atoms with E-state index in [0.717, 1.165) is 30.4 Å². The van der Waals surface area contributed by atoms with E-state index >= 15 is 0 Å². The first-order valence-electron chi connectivity index (χ1n) is 10.1. The number of carbonyl (C=O) groups excluding carboxylic acids is 1. The molecular weight excluding hydrogens is 438 g/mol. The summed E-state index contributed by atoms with van der Waals surface area (Å²) >= 11 is 1.13. The first kappa shape index (κ1) is 22.9. The van der Waals surface area contributed by atoms with Crippen LogP contribution in [0.15, 0.2) is 6.20 Å². The summed E-state index contributed by atoms with van der Waals surface area (Å²) in [6.07, 6.45) is -1.81. The summed E-state index contributed by atoms with van der Waals surface area (Å²) < 4.78 is 39.8. The van der Waals surface area contributed by atoms with Gasteiger partial charge in [-0.15, -0.1) is 5.11 Å². The van der Waals surface area contributed by atoms with Crippen molar-refractivity contribution in [3.63, 3.8) is 0 Å². The van der Waals surface area contributed by atoms with Gasteiger partial charge in [0.15, 0.2) is 0 Å². The minimum atomic E-state index is -4.60. The van der Waals surface area contributed by atoms with Crippen LogP contribution in [0.25, 0.3) is 0 Å². The summed E-state index contributed by atoms with van der Waals surface area (Å²) in [5.41, 5.74) is -1.71. The van der Waals surface area contributed by atoms with Crippen LogP contribution in [0.3, 0.4) is 0 Å². The average molecular weight is 456 g/mol. The molecule has 1 amide bonds. The molecule has 2 aromatic rings. The van der Waals surface area contributed by atoms with Crippen molar-refractivity contribution in [3.8, 4) is 0 Å². The smallest absolute Gasteiger partial charge is 0.370 e. The largest absolute Gasteiger partial charge is 0.421 e. The molecule has 1 unspecified atom stereocenters. The molecule has 14 heteroatoms. The van der Waals surface area contributed by atoms with Crippen molar-refractivity contribution in [1.82, 2.24) is 20.3 Å². The summed E-state index contributed by atoms with van der Waals surface area (Å²) in [5, 5.41) is 7.31. The van der Waals surface area contributed by atoms with E-state index in [4.69, 9.17) is 23.5 Å². The number of anilines is 3. The molecule has 162 valence electrons. The third kappa shape index (κ3) is 3.97. The highest BCUT2D eigenvalue weighted by atomic mass is 32.1. The molecule has 1 aliphatic heterocycles. The lowest BCUT2D eigenvalue weighted by Crippen LogP contribution is -2.47. The SMILES string of the molecule is [B]C([B])([B])C1(c2nc(C3CC3)c(Nc3ncc(C(F)(F)F)c(NCC)n3)s2)CCNC1=O. The maximum atomic E-state index is 13.3. The topological polar surface area (TPSA) is 91.8 Å². The van der Waals surface area contributed by atoms with Crippen molar-refractivity contribution < 1.29 is 18.0 Å². The van der Waals surface area contributed by atoms with Gasteiger partial charge in [0.25, 0.3) is 0 Å². The van der Waals surface area contributed by atoms with Crippen molar-refractivity contribution in [1.29, 1.82) is 0 Å². The molecule has 0 spiro atoms. The van der Waals surface area contributed by atoms with Crippen molar-refractivity contribution in [2.24, 2.45) is 0 Å². The summed E-state index contributed by atoms with van der Waals surface area (Å²) in [5.74, 6) is -0.621. The molecule has 0 bridgehead atoms. The van der Waals surface area contributed by atoms with E-state index in [2.05, 4.69) is 30.9 Å². The predicted molar refractivity (Wildman–Crippen MR) is 118 cm³/mol. The van der Waals surface area contributed by atoms with Gasteiger partial charge >= 0.3 is 6.18 Å². The van der Waals surface area contributed by atoms with Gasteiger partial charge in [0.2, 0.25) is 11.9 Å². The molecule has 1 saturated carbocycles. The molecule has 2 fully saturated rings. The van der Waals surface area contributed by atoms with Crippen molar-refractivity contribution in [2.45, 2.75) is 48.8 Å². The molecule has 3 heterocycles. The average Bonchev–Trinajstić information content (AvgIpc) is 3.32. The molecule has 0 aromatic carbocycles. The quantitative estimate of drug-likeness (QED) is 0.555. The normalized spacial score (nSPS) is 21.4. The highest BCUT2D eigenvalue weighted by Gasteiger charge is 2.54. The van der Waals surface area contributed by atoms with E-state index in [0.29, 0.717) is 22.2 Å². The number of amides is 1. The molecule has 4 rings (SSSR count). The minimum Gasteiger partial charge on any atom is -0.370 e. The fourth-order valence-electron chi connectivity index (χ4n) is 3.72. The van der Waals surface area contributed by atoms with Crippen LogP contribution >= 0.6 is 11.3 Å². The number of thiazole rings is 1. The zero-order valence-electron chi connectivity index (χ0n) is 17.2. The number of nitrogens with zero attached hydrogens (tertiary/aromatic N) is 3. The zero-order chi connectivity index (χ0) is 23.3. The van der Waals surface area contributed by atoms with Crippen LogP contribution in [0.5, 0.6) is 0 Å². The van der Waals surface area contributed by atoms with Crippen LogP contribution in [0.2, 0.25) is 5.11 Å². The fraction of sp³-hybridized carbons (Fsp3) is 0.556. The molecule has 32 heavy (non-hydrogen) atoms. The molecule has 2 aliphatic rings. The number of hydrogen-bond donors (Lipinski definition) is 3. The molecule has 7 nitrogen and oxygen atoms in total. The Bertz CT molecular complexity index is 1040. The molecule has 2 aromatic heterocycles. The monoisotopic (exact) mass is 456 g/mol. The maximum absolute atomic E-state index is 13.3. The second-order valence-corrected chi connectivity index (χ2v) is 8.96. The number of hydrogen-bond acceptors (Lipinski definition) is 7. The van der Waals surface area contributed by atoms with Crippen molar-refractivity contribution in [2.75, 3.05) is 23.7 Å². The Morgan fingerprint density at radius 1 is 1.28 bits per heavy atom. The van der Waals surface area contributed by atoms with E-state index < -0.39 is 28.2 Å². The van der Waals surface area contributed by atoms with Gasteiger partial charge in [-0.25, -0.2) is 9.97 Å². The van der Waals surface area contributed by atoms with E-state index in [1.807, 2.05) is 0 Å². The summed E-state index contributed by atoms with van der Waals surface area (Å²) in [7, 11) is 18.0. The van der Waals surface area contributed by atoms with Crippen LogP contribution in [0, 0.1) is 0 Å². The molecular formula is C18H18B3F3N6OS. The lowest BCUT2D eigenvalue weighted by atomic mass is 9.32. The van der Waals surface area contributed by atoms with Gasteiger partial charge in [0.05, 0.1) is 34.6 Å². The molecule has 1 atom stereocenters. The Morgan fingerprint density at radius 2 is 2.00 bits per heavy atom. The zero-order valence-corrected chi connectivity index (χ0v) is 18.0. The lowest BCUT2D eigenvalue weighted by Gasteiger charge is -2.39. The number of carbonyl (C=O) groups is 1. The van der Waals surface area contributed by atoms with Gasteiger partial charge in [-0.1, -0.05) is 11.3 Å². The van der Waals surface area contributed by atoms with E-state index in [9.17, 15) is 18.0 Å². The Kier molecular flexibility index (Phi) is 5.71. The van der Waals surface area contributed by atoms with Crippen LogP contribution in [0.1, 0.15) is 48.4 Å². The van der Waals surface area contributed by atoms with Gasteiger partial charge < -0.3 is 16.0 Å². The molecule has 3 N–H and O–H groups in total. The van der Waals surface area contributed by atoms with E-state index in [1.165, 1.54) is 0 Å². The molecule has 1 aliphatic carbocycles. The van der Waals surface area contributed by atoms with Crippen molar-refractivity contribution in [3.05, 3.63) is 22.5 Å². The van der Waals surface area contributed by atoms with Gasteiger partial charge in [0.1, 0.15) is 21.4 Å². The van der Waals surface area contributed by atoms with Crippen molar-refractivity contribution >= 4 is 57.6 Å². The van der Waals surface area contributed by atoms with Gasteiger partial charge in [0, 0.05) is 25.2 Å². The third-order valence-electron chi connectivity index (χ3n) is 5.56. The van der Waals surface area contributed by atoms with Crippen LogP contribution in [-0.2, 0) is 16.4 Å². The first-order valence-corrected chi connectivity index (χ1v) is 10.9. The number of rotatable bonds is 7. The van der Waals surface area contributed by atoms with Crippen LogP contribution < -0.4 is 16.0 Å². The van der Waals surface area contributed by atoms with Crippen LogP contribution in [-0.4, -0.2) is 57.5 Å². The predicted octanol–water partition coefficient (Wildman–Crippen LogP) is 2.34. The van der Waals surface area contributed by atoms with Gasteiger partial charge in [-0.3, -0.25) is 4.79 Å². The summed E-state index contributed by atoms with van der Waals surface area (Å²) in [6.45, 7) is 2.27. The number of aromatic nitrogens is 3. The lowest BCUT2D eigenvalue weighted by molar-refractivity contribution is -0.137. The molecule has 6 radical (unpaired) electrons. The third-order valence-corrected chi connectivity index (χ3v) is 6.71. The Morgan fingerprint density at radius 3 is 2.53 bits per heavy atom. The Hall–Kier alpha value is -2.24. The second kappa shape index (κ2) is 7.96. The van der Waals surface area contributed by atoms with E-state index in [-0.39, 0.29) is 30.6 Å². The van der Waals surface area contributed by atoms with Gasteiger partial charge in [-0.05, 0) is 26.2 Å². The standard InChI is InChI=1S/C18H18B3F3N6OS/c1-2-25-11-9(17(22,23)24)7-27-15(29-11)30-12-10(8-3-4-8)28-14(32-12)16(18(19,20)21)5-6-26-13(16)31/h7-8H,2-6H2,1H3,(H,26,31)(H2,25,27,29,30). The Labute approximate surface area is 191 Å². The van der Waals surface area contributed by atoms with E-state index in [1.54, 1.807) is 6.92 Å². The summed E-state index contributed by atoms with van der Waals surface area (Å²) in [6, 6.07) is 0. The van der Waals surface area contributed by atoms with Crippen LogP contribution in [0.4, 0.5) is 29.9 Å². The second-order valence-electron chi connectivity index (χ2n) is 7.96. The fourth-order valence-corrected chi connectivity index (χ4v) is 5.06. The Balaban J connectivity index is 1.73. The minimum absolute atomic E-state index is 0.0320.